The van der Waals surface area contributed by atoms with Crippen LogP contribution in [-0.2, 0) is 9.53 Å². The van der Waals surface area contributed by atoms with Crippen molar-refractivity contribution in [3.63, 3.8) is 0 Å². The molecule has 0 saturated heterocycles. The molecule has 1 saturated carbocycles. The summed E-state index contributed by atoms with van der Waals surface area (Å²) < 4.78 is 4.80. The molecular weight excluding hydrogens is 284 g/mol. The molecule has 0 unspecified atom stereocenters. The summed E-state index contributed by atoms with van der Waals surface area (Å²) in [4.78, 5) is 12.5. The van der Waals surface area contributed by atoms with Gasteiger partial charge in [-0.05, 0) is 44.1 Å². The number of benzene rings is 1. The van der Waals surface area contributed by atoms with Gasteiger partial charge >= 0.3 is 5.97 Å². The molecule has 112 valence electrons. The Morgan fingerprint density at radius 2 is 2.10 bits per heavy atom. The zero-order valence-corrected chi connectivity index (χ0v) is 13.2. The zero-order chi connectivity index (χ0) is 15.2. The Hall–Kier alpha value is -1.67. The molecule has 1 aliphatic carbocycles. The predicted octanol–water partition coefficient (Wildman–Crippen LogP) is 3.42. The third-order valence-electron chi connectivity index (χ3n) is 3.98. The topological polar surface area (TPSA) is 62.1 Å². The quantitative estimate of drug-likeness (QED) is 0.682. The molecule has 1 fully saturated rings. The Morgan fingerprint density at radius 1 is 1.38 bits per heavy atom. The van der Waals surface area contributed by atoms with E-state index in [1.165, 1.54) is 7.11 Å². The lowest BCUT2D eigenvalue weighted by Gasteiger charge is -2.28. The molecule has 4 nitrogen and oxygen atoms in total. The molecule has 21 heavy (non-hydrogen) atoms. The van der Waals surface area contributed by atoms with Crippen molar-refractivity contribution in [3.05, 3.63) is 23.8 Å². The van der Waals surface area contributed by atoms with Gasteiger partial charge in [0.25, 0.3) is 0 Å². The smallest absolute Gasteiger partial charge is 0.308 e. The minimum Gasteiger partial charge on any atom is -0.469 e. The molecule has 0 radical (unpaired) electrons. The predicted molar refractivity (Wildman–Crippen MR) is 84.3 cm³/mol. The number of carbonyl (C=O) groups is 1. The number of nitrogens with one attached hydrogen (secondary N) is 1. The maximum absolute atomic E-state index is 11.5. The number of hydrogen-bond donors (Lipinski definition) is 1. The summed E-state index contributed by atoms with van der Waals surface area (Å²) in [5.74, 6) is -0.0726. The van der Waals surface area contributed by atoms with Crippen molar-refractivity contribution < 1.29 is 9.53 Å². The molecule has 1 aromatic carbocycles. The highest BCUT2D eigenvalue weighted by Crippen LogP contribution is 2.31. The van der Waals surface area contributed by atoms with Crippen LogP contribution in [0, 0.1) is 17.2 Å². The van der Waals surface area contributed by atoms with Crippen LogP contribution >= 0.6 is 11.8 Å². The van der Waals surface area contributed by atoms with Gasteiger partial charge in [0.1, 0.15) is 6.07 Å². The Balaban J connectivity index is 2.01. The first-order chi connectivity index (χ1) is 10.2. The third kappa shape index (κ3) is 3.70. The number of nitriles is 1. The monoisotopic (exact) mass is 304 g/mol. The van der Waals surface area contributed by atoms with Crippen molar-refractivity contribution in [1.82, 2.24) is 0 Å². The van der Waals surface area contributed by atoms with E-state index in [0.29, 0.717) is 11.6 Å². The summed E-state index contributed by atoms with van der Waals surface area (Å²) in [5.41, 5.74) is 1.60. The van der Waals surface area contributed by atoms with Crippen LogP contribution in [0.3, 0.4) is 0 Å². The normalized spacial score (nSPS) is 21.4. The minimum absolute atomic E-state index is 0.0287. The highest BCUT2D eigenvalue weighted by Gasteiger charge is 2.27. The van der Waals surface area contributed by atoms with E-state index in [2.05, 4.69) is 11.4 Å². The van der Waals surface area contributed by atoms with Crippen molar-refractivity contribution in [2.24, 2.45) is 5.92 Å². The van der Waals surface area contributed by atoms with E-state index in [1.54, 1.807) is 11.8 Å². The number of esters is 1. The maximum Gasteiger partial charge on any atom is 0.308 e. The van der Waals surface area contributed by atoms with E-state index >= 15 is 0 Å². The highest BCUT2D eigenvalue weighted by atomic mass is 32.2. The molecule has 0 atom stereocenters. The van der Waals surface area contributed by atoms with E-state index in [4.69, 9.17) is 4.74 Å². The van der Waals surface area contributed by atoms with Crippen molar-refractivity contribution >= 4 is 23.4 Å². The molecule has 0 bridgehead atoms. The number of thioether (sulfide) groups is 1. The number of ether oxygens (including phenoxy) is 1. The van der Waals surface area contributed by atoms with Crippen LogP contribution < -0.4 is 5.32 Å². The molecule has 0 heterocycles. The molecule has 5 heteroatoms. The first-order valence-electron chi connectivity index (χ1n) is 7.11. The van der Waals surface area contributed by atoms with Crippen LogP contribution in [0.5, 0.6) is 0 Å². The van der Waals surface area contributed by atoms with Crippen molar-refractivity contribution in [3.8, 4) is 6.07 Å². The van der Waals surface area contributed by atoms with Crippen molar-refractivity contribution in [1.29, 1.82) is 5.26 Å². The summed E-state index contributed by atoms with van der Waals surface area (Å²) in [5, 5.41) is 12.8. The van der Waals surface area contributed by atoms with E-state index in [1.807, 2.05) is 24.5 Å². The molecule has 0 amide bonds. The minimum atomic E-state index is -0.101. The zero-order valence-electron chi connectivity index (χ0n) is 12.4. The van der Waals surface area contributed by atoms with Gasteiger partial charge in [-0.25, -0.2) is 0 Å². The molecule has 0 aliphatic heterocycles. The van der Waals surface area contributed by atoms with Crippen LogP contribution in [0.25, 0.3) is 0 Å². The Morgan fingerprint density at radius 3 is 2.67 bits per heavy atom. The van der Waals surface area contributed by atoms with Gasteiger partial charge in [-0.15, -0.1) is 11.8 Å². The van der Waals surface area contributed by atoms with Crippen molar-refractivity contribution in [2.45, 2.75) is 36.6 Å². The van der Waals surface area contributed by atoms with Crippen molar-refractivity contribution in [2.75, 3.05) is 18.7 Å². The van der Waals surface area contributed by atoms with Gasteiger partial charge in [0.15, 0.2) is 0 Å². The Labute approximate surface area is 129 Å². The van der Waals surface area contributed by atoms with Crippen LogP contribution in [0.2, 0.25) is 0 Å². The Bertz CT molecular complexity index is 546. The second-order valence-electron chi connectivity index (χ2n) is 5.21. The lowest BCUT2D eigenvalue weighted by atomic mass is 9.86. The molecule has 1 N–H and O–H groups in total. The van der Waals surface area contributed by atoms with Gasteiger partial charge in [-0.2, -0.15) is 5.26 Å². The standard InChI is InChI=1S/C16H20N2O2S/c1-20-16(19)11-6-8-12(9-7-11)18-14-4-3-5-15(21-2)13(14)10-17/h3-5,11-12,18H,6-9H2,1-2H3. The average Bonchev–Trinajstić information content (AvgIpc) is 2.54. The summed E-state index contributed by atoms with van der Waals surface area (Å²) in [6, 6.07) is 8.48. The summed E-state index contributed by atoms with van der Waals surface area (Å²) in [6.45, 7) is 0. The number of nitrogens with zero attached hydrogens (tertiary/aromatic N) is 1. The first kappa shape index (κ1) is 15.7. The largest absolute Gasteiger partial charge is 0.469 e. The fourth-order valence-electron chi connectivity index (χ4n) is 2.80. The fourth-order valence-corrected chi connectivity index (χ4v) is 3.37. The second-order valence-corrected chi connectivity index (χ2v) is 6.06. The first-order valence-corrected chi connectivity index (χ1v) is 8.33. The Kier molecular flexibility index (Phi) is 5.51. The number of rotatable bonds is 4. The average molecular weight is 304 g/mol. The molecule has 1 aliphatic rings. The van der Waals surface area contributed by atoms with Gasteiger partial charge < -0.3 is 10.1 Å². The van der Waals surface area contributed by atoms with Gasteiger partial charge in [0, 0.05) is 10.9 Å². The molecule has 0 spiro atoms. The summed E-state index contributed by atoms with van der Waals surface area (Å²) >= 11 is 1.58. The van der Waals surface area contributed by atoms with Gasteiger partial charge in [0.05, 0.1) is 24.3 Å². The van der Waals surface area contributed by atoms with E-state index in [-0.39, 0.29) is 11.9 Å². The number of hydrogen-bond acceptors (Lipinski definition) is 5. The lowest BCUT2D eigenvalue weighted by molar-refractivity contribution is -0.146. The SMILES string of the molecule is COC(=O)C1CCC(Nc2cccc(SC)c2C#N)CC1. The molecule has 0 aromatic heterocycles. The van der Waals surface area contributed by atoms with Gasteiger partial charge in [-0.3, -0.25) is 4.79 Å². The molecule has 1 aromatic rings. The van der Waals surface area contributed by atoms with Crippen LogP contribution in [-0.4, -0.2) is 25.4 Å². The van der Waals surface area contributed by atoms with E-state index in [9.17, 15) is 10.1 Å². The summed E-state index contributed by atoms with van der Waals surface area (Å²) in [6.07, 6.45) is 5.51. The fraction of sp³-hybridized carbons (Fsp3) is 0.500. The number of carbonyl (C=O) groups excluding carboxylic acids is 1. The van der Waals surface area contributed by atoms with Crippen LogP contribution in [0.4, 0.5) is 5.69 Å². The maximum atomic E-state index is 11.5. The van der Waals surface area contributed by atoms with Crippen LogP contribution in [0.1, 0.15) is 31.2 Å². The van der Waals surface area contributed by atoms with Gasteiger partial charge in [-0.1, -0.05) is 6.07 Å². The summed E-state index contributed by atoms with van der Waals surface area (Å²) in [7, 11) is 1.44. The van der Waals surface area contributed by atoms with E-state index in [0.717, 1.165) is 36.3 Å². The molecule has 2 rings (SSSR count). The van der Waals surface area contributed by atoms with E-state index < -0.39 is 0 Å². The second kappa shape index (κ2) is 7.37. The molecular formula is C16H20N2O2S. The highest BCUT2D eigenvalue weighted by molar-refractivity contribution is 7.98. The van der Waals surface area contributed by atoms with Gasteiger partial charge in [0.2, 0.25) is 0 Å². The third-order valence-corrected chi connectivity index (χ3v) is 4.76. The number of methoxy groups -OCH3 is 1. The lowest BCUT2D eigenvalue weighted by Crippen LogP contribution is -2.30. The number of anilines is 1. The van der Waals surface area contributed by atoms with Crippen LogP contribution in [0.15, 0.2) is 23.1 Å².